The molecule has 0 aliphatic carbocycles. The second-order valence-electron chi connectivity index (χ2n) is 5.36. The molecule has 6 heteroatoms. The number of thioether (sulfide) groups is 1. The first-order chi connectivity index (χ1) is 10.5. The number of carbonyl (C=O) groups excluding carboxylic acids is 1. The molecule has 1 unspecified atom stereocenters. The lowest BCUT2D eigenvalue weighted by molar-refractivity contribution is -0.109. The Morgan fingerprint density at radius 1 is 1.00 bits per heavy atom. The number of unbranched alkanes of at least 4 members (excludes halogenated alkanes) is 5. The number of hydrogen-bond acceptors (Lipinski definition) is 5. The zero-order valence-corrected chi connectivity index (χ0v) is 16.8. The van der Waals surface area contributed by atoms with Gasteiger partial charge >= 0.3 is 8.80 Å². The van der Waals surface area contributed by atoms with Crippen LogP contribution in [0.15, 0.2) is 0 Å². The van der Waals surface area contributed by atoms with Crippen molar-refractivity contribution in [1.29, 1.82) is 0 Å². The highest BCUT2D eigenvalue weighted by Gasteiger charge is 2.41. The fourth-order valence-corrected chi connectivity index (χ4v) is 6.18. The summed E-state index contributed by atoms with van der Waals surface area (Å²) in [7, 11) is -2.67. The fourth-order valence-electron chi connectivity index (χ4n) is 2.39. The molecule has 0 heterocycles. The first kappa shape index (κ1) is 22.1. The van der Waals surface area contributed by atoms with Crippen LogP contribution >= 0.6 is 11.8 Å². The highest BCUT2D eigenvalue weighted by molar-refractivity contribution is 8.13. The molecule has 0 bridgehead atoms. The van der Waals surface area contributed by atoms with Crippen molar-refractivity contribution >= 4 is 25.7 Å². The number of carbonyl (C=O) groups is 1. The SMILES string of the molecule is CCCCCCCC[Si](OCC)(OCC)OC(C)SC(C)=O. The van der Waals surface area contributed by atoms with Gasteiger partial charge in [0.05, 0.1) is 0 Å². The van der Waals surface area contributed by atoms with Crippen LogP contribution < -0.4 is 0 Å². The summed E-state index contributed by atoms with van der Waals surface area (Å²) >= 11 is 1.20. The summed E-state index contributed by atoms with van der Waals surface area (Å²) in [6.07, 6.45) is 7.38. The van der Waals surface area contributed by atoms with Crippen molar-refractivity contribution in [1.82, 2.24) is 0 Å². The monoisotopic (exact) mass is 350 g/mol. The van der Waals surface area contributed by atoms with E-state index in [1.165, 1.54) is 43.9 Å². The maximum atomic E-state index is 11.2. The van der Waals surface area contributed by atoms with Crippen LogP contribution in [-0.2, 0) is 18.1 Å². The summed E-state index contributed by atoms with van der Waals surface area (Å²) in [5.74, 6) is 0. The van der Waals surface area contributed by atoms with Gasteiger partial charge in [0.15, 0.2) is 5.12 Å². The Morgan fingerprint density at radius 3 is 2.05 bits per heavy atom. The summed E-state index contributed by atoms with van der Waals surface area (Å²) in [6, 6.07) is 0.837. The lowest BCUT2D eigenvalue weighted by Gasteiger charge is -2.31. The molecule has 1 atom stereocenters. The van der Waals surface area contributed by atoms with E-state index in [1.807, 2.05) is 20.8 Å². The first-order valence-electron chi connectivity index (χ1n) is 8.62. The summed E-state index contributed by atoms with van der Waals surface area (Å²) in [5.41, 5.74) is -0.220. The maximum absolute atomic E-state index is 11.2. The minimum atomic E-state index is -2.67. The molecule has 0 aliphatic heterocycles. The molecule has 0 N–H and O–H groups in total. The minimum absolute atomic E-state index is 0.0583. The Labute approximate surface area is 142 Å². The van der Waals surface area contributed by atoms with Crippen LogP contribution in [-0.4, -0.2) is 32.6 Å². The van der Waals surface area contributed by atoms with Crippen LogP contribution in [0.3, 0.4) is 0 Å². The molecule has 22 heavy (non-hydrogen) atoms. The van der Waals surface area contributed by atoms with Gasteiger partial charge in [-0.05, 0) is 27.2 Å². The molecular formula is C16H34O4SSi. The Bertz CT molecular complexity index is 283. The Balaban J connectivity index is 4.45. The zero-order valence-electron chi connectivity index (χ0n) is 15.0. The van der Waals surface area contributed by atoms with E-state index >= 15 is 0 Å². The molecule has 0 saturated heterocycles. The van der Waals surface area contributed by atoms with Gasteiger partial charge in [-0.15, -0.1) is 0 Å². The molecule has 132 valence electrons. The fraction of sp³-hybridized carbons (Fsp3) is 0.938. The van der Waals surface area contributed by atoms with Crippen molar-refractivity contribution in [3.8, 4) is 0 Å². The maximum Gasteiger partial charge on any atom is 0.501 e. The molecule has 0 rings (SSSR count). The number of hydrogen-bond donors (Lipinski definition) is 0. The third-order valence-electron chi connectivity index (χ3n) is 3.24. The van der Waals surface area contributed by atoms with Crippen molar-refractivity contribution in [3.63, 3.8) is 0 Å². The standard InChI is InChI=1S/C16H34O4SSi/c1-6-9-10-11-12-13-14-22(18-7-2,19-8-3)20-16(5)21-15(4)17/h16H,6-14H2,1-5H3. The Kier molecular flexibility index (Phi) is 13.6. The van der Waals surface area contributed by atoms with Crippen molar-refractivity contribution in [2.75, 3.05) is 13.2 Å². The van der Waals surface area contributed by atoms with Gasteiger partial charge in [0, 0.05) is 26.2 Å². The van der Waals surface area contributed by atoms with Gasteiger partial charge in [-0.2, -0.15) is 0 Å². The van der Waals surface area contributed by atoms with Gasteiger partial charge in [0.25, 0.3) is 0 Å². The van der Waals surface area contributed by atoms with E-state index in [0.717, 1.165) is 12.5 Å². The molecule has 0 saturated carbocycles. The predicted octanol–water partition coefficient (Wildman–Crippen LogP) is 5.00. The van der Waals surface area contributed by atoms with Crippen LogP contribution in [0.2, 0.25) is 6.04 Å². The van der Waals surface area contributed by atoms with Crippen molar-refractivity contribution < 1.29 is 18.1 Å². The van der Waals surface area contributed by atoms with Crippen LogP contribution in [0, 0.1) is 0 Å². The molecule has 4 nitrogen and oxygen atoms in total. The van der Waals surface area contributed by atoms with Crippen LogP contribution in [0.25, 0.3) is 0 Å². The second-order valence-corrected chi connectivity index (χ2v) is 9.52. The lowest BCUT2D eigenvalue weighted by Crippen LogP contribution is -2.47. The molecule has 0 spiro atoms. The largest absolute Gasteiger partial charge is 0.501 e. The second kappa shape index (κ2) is 13.5. The van der Waals surface area contributed by atoms with E-state index in [4.69, 9.17) is 13.3 Å². The summed E-state index contributed by atoms with van der Waals surface area (Å²) < 4.78 is 17.9. The Hall–Kier alpha value is 0.117. The number of rotatable bonds is 14. The Morgan fingerprint density at radius 2 is 1.55 bits per heavy atom. The molecule has 0 aromatic carbocycles. The van der Waals surface area contributed by atoms with Crippen LogP contribution in [0.4, 0.5) is 0 Å². The molecular weight excluding hydrogens is 316 g/mol. The molecule has 0 amide bonds. The molecule has 0 aromatic heterocycles. The topological polar surface area (TPSA) is 44.8 Å². The summed E-state index contributed by atoms with van der Waals surface area (Å²) in [6.45, 7) is 10.8. The van der Waals surface area contributed by atoms with Crippen molar-refractivity contribution in [3.05, 3.63) is 0 Å². The van der Waals surface area contributed by atoms with Crippen molar-refractivity contribution in [2.45, 2.75) is 84.6 Å². The van der Waals surface area contributed by atoms with E-state index in [9.17, 15) is 4.79 Å². The highest BCUT2D eigenvalue weighted by Crippen LogP contribution is 2.26. The van der Waals surface area contributed by atoms with E-state index in [-0.39, 0.29) is 10.6 Å². The third-order valence-corrected chi connectivity index (χ3v) is 7.31. The predicted molar refractivity (Wildman–Crippen MR) is 96.0 cm³/mol. The van der Waals surface area contributed by atoms with E-state index in [0.29, 0.717) is 13.2 Å². The van der Waals surface area contributed by atoms with Gasteiger partial charge in [0.1, 0.15) is 5.44 Å². The van der Waals surface area contributed by atoms with Gasteiger partial charge in [0.2, 0.25) is 0 Å². The van der Waals surface area contributed by atoms with Gasteiger partial charge in [-0.3, -0.25) is 4.79 Å². The highest BCUT2D eigenvalue weighted by atomic mass is 32.2. The van der Waals surface area contributed by atoms with Crippen LogP contribution in [0.1, 0.15) is 73.1 Å². The van der Waals surface area contributed by atoms with Crippen LogP contribution in [0.5, 0.6) is 0 Å². The van der Waals surface area contributed by atoms with Crippen molar-refractivity contribution in [2.24, 2.45) is 0 Å². The van der Waals surface area contributed by atoms with Gasteiger partial charge in [-0.25, -0.2) is 0 Å². The quantitative estimate of drug-likeness (QED) is 0.250. The molecule has 0 radical (unpaired) electrons. The third kappa shape index (κ3) is 10.8. The molecule has 0 aliphatic rings. The van der Waals surface area contributed by atoms with E-state index < -0.39 is 8.80 Å². The van der Waals surface area contributed by atoms with E-state index in [1.54, 1.807) is 6.92 Å². The average Bonchev–Trinajstić information content (AvgIpc) is 2.42. The minimum Gasteiger partial charge on any atom is -0.374 e. The van der Waals surface area contributed by atoms with Gasteiger partial charge < -0.3 is 13.3 Å². The van der Waals surface area contributed by atoms with E-state index in [2.05, 4.69) is 6.92 Å². The average molecular weight is 351 g/mol. The zero-order chi connectivity index (χ0) is 16.8. The first-order valence-corrected chi connectivity index (χ1v) is 11.4. The normalized spacial score (nSPS) is 13.3. The summed E-state index contributed by atoms with van der Waals surface area (Å²) in [5, 5.41) is 0.0583. The molecule has 0 fully saturated rings. The smallest absolute Gasteiger partial charge is 0.374 e. The lowest BCUT2D eigenvalue weighted by atomic mass is 10.1. The molecule has 0 aromatic rings. The summed E-state index contributed by atoms with van der Waals surface area (Å²) in [4.78, 5) is 11.2. The van der Waals surface area contributed by atoms with Gasteiger partial charge in [-0.1, -0.05) is 50.8 Å².